The average Bonchev–Trinajstić information content (AvgIpc) is 3.41. The Balaban J connectivity index is 1.64. The molecular formula is C27H24FN3O3. The fourth-order valence-electron chi connectivity index (χ4n) is 4.44. The number of hydrogen-bond acceptors (Lipinski definition) is 4. The third-order valence-corrected chi connectivity index (χ3v) is 5.98. The van der Waals surface area contributed by atoms with Gasteiger partial charge in [-0.1, -0.05) is 48.5 Å². The van der Waals surface area contributed by atoms with Gasteiger partial charge < -0.3 is 14.4 Å². The molecule has 1 aliphatic heterocycles. The predicted octanol–water partition coefficient (Wildman–Crippen LogP) is 5.37. The van der Waals surface area contributed by atoms with Crippen LogP contribution in [-0.4, -0.2) is 34.7 Å². The Morgan fingerprint density at radius 3 is 2.50 bits per heavy atom. The fourth-order valence-corrected chi connectivity index (χ4v) is 4.44. The Labute approximate surface area is 196 Å². The Kier molecular flexibility index (Phi) is 5.76. The molecule has 5 rings (SSSR count). The zero-order chi connectivity index (χ0) is 23.7. The lowest BCUT2D eigenvalue weighted by Crippen LogP contribution is -2.29. The first-order chi connectivity index (χ1) is 16.6. The number of carbonyl (C=O) groups is 1. The van der Waals surface area contributed by atoms with Crippen LogP contribution in [0.5, 0.6) is 11.5 Å². The van der Waals surface area contributed by atoms with Gasteiger partial charge in [0, 0.05) is 17.7 Å². The number of rotatable bonds is 7. The summed E-state index contributed by atoms with van der Waals surface area (Å²) in [4.78, 5) is 15.3. The maximum atomic E-state index is 13.5. The minimum atomic E-state index is -0.411. The van der Waals surface area contributed by atoms with Crippen molar-refractivity contribution >= 4 is 5.91 Å². The van der Waals surface area contributed by atoms with Crippen molar-refractivity contribution in [1.82, 2.24) is 15.1 Å². The summed E-state index contributed by atoms with van der Waals surface area (Å²) in [5.74, 6) is 0.752. The van der Waals surface area contributed by atoms with Crippen LogP contribution in [0.25, 0.3) is 11.3 Å². The molecule has 4 aromatic rings. The number of nitrogens with zero attached hydrogens (tertiary/aromatic N) is 2. The number of benzene rings is 3. The van der Waals surface area contributed by atoms with Gasteiger partial charge >= 0.3 is 0 Å². The van der Waals surface area contributed by atoms with E-state index >= 15 is 0 Å². The van der Waals surface area contributed by atoms with Crippen LogP contribution >= 0.6 is 0 Å². The standard InChI is InChI=1S/C27H24FN3O3/c1-3-34-21-14-11-19(15-22(21)33-2)26-23-24(18-7-5-4-6-8-18)29-30-25(23)27(32)31(26)16-17-9-12-20(28)13-10-17/h4-15,26H,3,16H2,1-2H3,(H,29,30). The van der Waals surface area contributed by atoms with Crippen LogP contribution in [0.15, 0.2) is 72.8 Å². The smallest absolute Gasteiger partial charge is 0.273 e. The van der Waals surface area contributed by atoms with E-state index in [0.717, 1.165) is 27.9 Å². The van der Waals surface area contributed by atoms with Crippen molar-refractivity contribution in [2.24, 2.45) is 0 Å². The van der Waals surface area contributed by atoms with Crippen molar-refractivity contribution in [2.75, 3.05) is 13.7 Å². The van der Waals surface area contributed by atoms with Crippen LogP contribution in [-0.2, 0) is 6.54 Å². The maximum absolute atomic E-state index is 13.5. The number of nitrogens with one attached hydrogen (secondary N) is 1. The van der Waals surface area contributed by atoms with Gasteiger partial charge in [0.15, 0.2) is 11.5 Å². The van der Waals surface area contributed by atoms with Gasteiger partial charge in [-0.15, -0.1) is 0 Å². The van der Waals surface area contributed by atoms with Crippen LogP contribution in [0.3, 0.4) is 0 Å². The zero-order valence-electron chi connectivity index (χ0n) is 18.9. The SMILES string of the molecule is CCOc1ccc(C2c3c(-c4ccccc4)n[nH]c3C(=O)N2Cc2ccc(F)cc2)cc1OC. The molecule has 0 radical (unpaired) electrons. The molecule has 1 aliphatic rings. The Morgan fingerprint density at radius 2 is 1.79 bits per heavy atom. The van der Waals surface area contributed by atoms with E-state index in [-0.39, 0.29) is 11.7 Å². The summed E-state index contributed by atoms with van der Waals surface area (Å²) in [5, 5.41) is 7.46. The van der Waals surface area contributed by atoms with Crippen LogP contribution in [0.4, 0.5) is 4.39 Å². The summed E-state index contributed by atoms with van der Waals surface area (Å²) in [7, 11) is 1.59. The summed E-state index contributed by atoms with van der Waals surface area (Å²) in [6, 6.07) is 21.3. The van der Waals surface area contributed by atoms with Crippen molar-refractivity contribution in [3.63, 3.8) is 0 Å². The van der Waals surface area contributed by atoms with Crippen molar-refractivity contribution in [1.29, 1.82) is 0 Å². The first-order valence-electron chi connectivity index (χ1n) is 11.1. The first-order valence-corrected chi connectivity index (χ1v) is 11.1. The highest BCUT2D eigenvalue weighted by atomic mass is 19.1. The van der Waals surface area contributed by atoms with Gasteiger partial charge in [0.2, 0.25) is 0 Å². The molecule has 0 spiro atoms. The molecule has 0 fully saturated rings. The molecule has 34 heavy (non-hydrogen) atoms. The number of ether oxygens (including phenoxy) is 2. The predicted molar refractivity (Wildman–Crippen MR) is 126 cm³/mol. The third kappa shape index (κ3) is 3.79. The zero-order valence-corrected chi connectivity index (χ0v) is 18.9. The molecule has 1 unspecified atom stereocenters. The summed E-state index contributed by atoms with van der Waals surface area (Å²) >= 11 is 0. The number of methoxy groups -OCH3 is 1. The van der Waals surface area contributed by atoms with E-state index in [4.69, 9.17) is 9.47 Å². The molecule has 3 aromatic carbocycles. The van der Waals surface area contributed by atoms with Gasteiger partial charge in [-0.3, -0.25) is 9.89 Å². The second-order valence-corrected chi connectivity index (χ2v) is 8.03. The van der Waals surface area contributed by atoms with Gasteiger partial charge in [-0.05, 0) is 42.3 Å². The number of aromatic amines is 1. The minimum Gasteiger partial charge on any atom is -0.493 e. The topological polar surface area (TPSA) is 67.5 Å². The molecule has 7 heteroatoms. The second-order valence-electron chi connectivity index (χ2n) is 8.03. The normalized spacial score (nSPS) is 14.9. The number of fused-ring (bicyclic) bond motifs is 1. The Bertz CT molecular complexity index is 1320. The van der Waals surface area contributed by atoms with Gasteiger partial charge in [-0.2, -0.15) is 5.10 Å². The van der Waals surface area contributed by atoms with Crippen molar-refractivity contribution in [2.45, 2.75) is 19.5 Å². The highest BCUT2D eigenvalue weighted by Gasteiger charge is 2.42. The third-order valence-electron chi connectivity index (χ3n) is 5.98. The van der Waals surface area contributed by atoms with E-state index in [9.17, 15) is 9.18 Å². The fraction of sp³-hybridized carbons (Fsp3) is 0.185. The van der Waals surface area contributed by atoms with Gasteiger partial charge in [0.25, 0.3) is 5.91 Å². The van der Waals surface area contributed by atoms with E-state index < -0.39 is 6.04 Å². The van der Waals surface area contributed by atoms with E-state index in [2.05, 4.69) is 10.2 Å². The van der Waals surface area contributed by atoms with Crippen molar-refractivity contribution in [3.05, 3.63) is 101 Å². The molecule has 1 N–H and O–H groups in total. The molecule has 6 nitrogen and oxygen atoms in total. The number of H-pyrrole nitrogens is 1. The quantitative estimate of drug-likeness (QED) is 0.405. The van der Waals surface area contributed by atoms with Crippen LogP contribution in [0.1, 0.15) is 40.1 Å². The number of carbonyl (C=O) groups excluding carboxylic acids is 1. The van der Waals surface area contributed by atoms with E-state index in [1.165, 1.54) is 12.1 Å². The molecule has 2 heterocycles. The van der Waals surface area contributed by atoms with Gasteiger partial charge in [-0.25, -0.2) is 4.39 Å². The maximum Gasteiger partial charge on any atom is 0.273 e. The molecule has 172 valence electrons. The lowest BCUT2D eigenvalue weighted by Gasteiger charge is -2.27. The number of hydrogen-bond donors (Lipinski definition) is 1. The van der Waals surface area contributed by atoms with Gasteiger partial charge in [0.05, 0.1) is 25.5 Å². The van der Waals surface area contributed by atoms with Crippen LogP contribution in [0.2, 0.25) is 0 Å². The average molecular weight is 458 g/mol. The lowest BCUT2D eigenvalue weighted by molar-refractivity contribution is 0.0730. The first kappa shape index (κ1) is 21.7. The monoisotopic (exact) mass is 457 g/mol. The van der Waals surface area contributed by atoms with E-state index in [0.29, 0.717) is 30.3 Å². The number of amides is 1. The van der Waals surface area contributed by atoms with E-state index in [1.54, 1.807) is 24.1 Å². The largest absolute Gasteiger partial charge is 0.493 e. The minimum absolute atomic E-state index is 0.160. The summed E-state index contributed by atoms with van der Waals surface area (Å²) in [5.41, 5.74) is 4.61. The molecule has 1 atom stereocenters. The number of aromatic nitrogens is 2. The lowest BCUT2D eigenvalue weighted by atomic mass is 9.95. The Morgan fingerprint density at radius 1 is 1.03 bits per heavy atom. The molecule has 1 aromatic heterocycles. The Hall–Kier alpha value is -4.13. The van der Waals surface area contributed by atoms with E-state index in [1.807, 2.05) is 55.5 Å². The molecule has 0 saturated heterocycles. The molecule has 1 amide bonds. The molecule has 0 bridgehead atoms. The molecular weight excluding hydrogens is 433 g/mol. The van der Waals surface area contributed by atoms with Crippen molar-refractivity contribution < 1.29 is 18.7 Å². The summed E-state index contributed by atoms with van der Waals surface area (Å²) < 4.78 is 24.8. The highest BCUT2D eigenvalue weighted by molar-refractivity contribution is 6.00. The highest BCUT2D eigenvalue weighted by Crippen LogP contribution is 2.45. The van der Waals surface area contributed by atoms with Gasteiger partial charge in [0.1, 0.15) is 11.5 Å². The molecule has 0 aliphatic carbocycles. The summed E-state index contributed by atoms with van der Waals surface area (Å²) in [6.07, 6.45) is 0. The van der Waals surface area contributed by atoms with Crippen LogP contribution in [0, 0.1) is 5.82 Å². The number of halogens is 1. The summed E-state index contributed by atoms with van der Waals surface area (Å²) in [6.45, 7) is 2.74. The van der Waals surface area contributed by atoms with Crippen LogP contribution < -0.4 is 9.47 Å². The molecule has 0 saturated carbocycles. The second kappa shape index (κ2) is 9.02. The van der Waals surface area contributed by atoms with Crippen molar-refractivity contribution in [3.8, 4) is 22.8 Å².